The Balaban J connectivity index is 1.50. The van der Waals surface area contributed by atoms with Crippen LogP contribution in [0.5, 0.6) is 11.5 Å². The van der Waals surface area contributed by atoms with Crippen LogP contribution in [0.15, 0.2) is 70.9 Å². The van der Waals surface area contributed by atoms with E-state index < -0.39 is 17.1 Å². The molecule has 218 valence electrons. The third kappa shape index (κ3) is 7.20. The van der Waals surface area contributed by atoms with Crippen molar-refractivity contribution >= 4 is 58.1 Å². The number of carboxylic acid groups (broad SMARTS) is 1. The summed E-state index contributed by atoms with van der Waals surface area (Å²) in [5, 5.41) is 27.9. The van der Waals surface area contributed by atoms with Crippen molar-refractivity contribution in [2.45, 2.75) is 30.8 Å². The Bertz CT molecular complexity index is 1610. The second-order valence-electron chi connectivity index (χ2n) is 8.93. The number of halogens is 1. The molecule has 1 aromatic heterocycles. The quantitative estimate of drug-likeness (QED) is 0.0978. The van der Waals surface area contributed by atoms with Crippen LogP contribution in [-0.4, -0.2) is 52.3 Å². The Morgan fingerprint density at radius 3 is 2.55 bits per heavy atom. The number of aromatic carboxylic acids is 1. The lowest BCUT2D eigenvalue weighted by molar-refractivity contribution is -0.255. The zero-order chi connectivity index (χ0) is 30.2. The van der Waals surface area contributed by atoms with Gasteiger partial charge in [0, 0.05) is 20.5 Å². The van der Waals surface area contributed by atoms with Crippen molar-refractivity contribution in [3.63, 3.8) is 0 Å². The first-order chi connectivity index (χ1) is 20.2. The predicted octanol–water partition coefficient (Wildman–Crippen LogP) is 3.80. The van der Waals surface area contributed by atoms with Gasteiger partial charge in [0.25, 0.3) is 5.91 Å². The van der Waals surface area contributed by atoms with Gasteiger partial charge >= 0.3 is 0 Å². The van der Waals surface area contributed by atoms with Crippen molar-refractivity contribution in [1.82, 2.24) is 20.2 Å². The van der Waals surface area contributed by atoms with Crippen LogP contribution in [-0.2, 0) is 11.3 Å². The van der Waals surface area contributed by atoms with Gasteiger partial charge in [0.2, 0.25) is 0 Å². The number of carbonyl (C=O) groups is 2. The number of aromatic nitrogens is 3. The molecule has 0 fully saturated rings. The number of hydrogen-bond donors (Lipinski definition) is 2. The number of para-hydroxylation sites is 1. The molecule has 0 saturated carbocycles. The van der Waals surface area contributed by atoms with Crippen molar-refractivity contribution in [2.24, 2.45) is 5.10 Å². The van der Waals surface area contributed by atoms with E-state index in [4.69, 9.17) is 9.47 Å². The summed E-state index contributed by atoms with van der Waals surface area (Å²) in [7, 11) is 2.72. The number of carbonyl (C=O) groups excluding carboxylic acids is 2. The van der Waals surface area contributed by atoms with Gasteiger partial charge in [-0.25, -0.2) is 5.43 Å². The lowest BCUT2D eigenvalue weighted by Crippen LogP contribution is -2.28. The Morgan fingerprint density at radius 1 is 1.12 bits per heavy atom. The Labute approximate surface area is 260 Å². The maximum atomic E-state index is 12.9. The molecule has 2 N–H and O–H groups in total. The number of aryl methyl sites for hydroxylation is 1. The largest absolute Gasteiger partial charge is 0.545 e. The average molecular weight is 700 g/mol. The van der Waals surface area contributed by atoms with E-state index >= 15 is 0 Å². The fraction of sp³-hybridized carbons (Fsp3) is 0.207. The van der Waals surface area contributed by atoms with Crippen LogP contribution in [0, 0.1) is 10.5 Å². The number of ether oxygens (including phenoxy) is 2. The molecule has 4 aromatic rings. The van der Waals surface area contributed by atoms with Crippen molar-refractivity contribution < 1.29 is 24.2 Å². The summed E-state index contributed by atoms with van der Waals surface area (Å²) >= 11 is 3.50. The number of methoxy groups -OCH3 is 2. The second kappa shape index (κ2) is 14.2. The zero-order valence-corrected chi connectivity index (χ0v) is 26.2. The maximum absolute atomic E-state index is 12.9. The predicted molar refractivity (Wildman–Crippen MR) is 168 cm³/mol. The SMILES string of the molecule is COc1ccc(/C=N\NC(=O)[C@@H](C)Sc2nnc(CNc3ccc(I)cc3C)n2-c2ccccc2)c(C(=O)[O-])c1OC. The molecule has 1 amide bonds. The standard InChI is InChI=1S/C29H29IN6O5S/c1-17-14-20(30)11-12-22(17)31-16-24-33-35-29(36(24)21-8-6-5-7-9-21)42-18(2)27(37)34-32-15-19-10-13-23(40-3)26(41-4)25(19)28(38)39/h5-15,18,31H,16H2,1-4H3,(H,34,37)(H,38,39)/p-1/b32-15-/t18-/m1/s1. The molecule has 0 unspecified atom stereocenters. The third-order valence-corrected chi connectivity index (χ3v) is 7.87. The first kappa shape index (κ1) is 30.8. The van der Waals surface area contributed by atoms with Gasteiger partial charge in [-0.05, 0) is 84.5 Å². The van der Waals surface area contributed by atoms with Crippen molar-refractivity contribution in [3.8, 4) is 17.2 Å². The van der Waals surface area contributed by atoms with Gasteiger partial charge in [0.05, 0.1) is 43.8 Å². The molecular weight excluding hydrogens is 671 g/mol. The van der Waals surface area contributed by atoms with E-state index in [1.54, 1.807) is 6.92 Å². The van der Waals surface area contributed by atoms with E-state index in [1.165, 1.54) is 44.3 Å². The normalized spacial score (nSPS) is 11.7. The van der Waals surface area contributed by atoms with Crippen molar-refractivity contribution in [2.75, 3.05) is 19.5 Å². The molecule has 3 aromatic carbocycles. The Kier molecular flexibility index (Phi) is 10.4. The molecule has 0 aliphatic rings. The monoisotopic (exact) mass is 699 g/mol. The fourth-order valence-electron chi connectivity index (χ4n) is 4.06. The summed E-state index contributed by atoms with van der Waals surface area (Å²) < 4.78 is 13.4. The number of hydrogen-bond acceptors (Lipinski definition) is 10. The van der Waals surface area contributed by atoms with Gasteiger partial charge in [0.1, 0.15) is 0 Å². The number of carboxylic acids is 1. The van der Waals surface area contributed by atoms with E-state index in [2.05, 4.69) is 54.7 Å². The topological polar surface area (TPSA) is 143 Å². The van der Waals surface area contributed by atoms with E-state index in [1.807, 2.05) is 54.0 Å². The molecule has 4 rings (SSSR count). The van der Waals surface area contributed by atoms with Crippen LogP contribution in [0.2, 0.25) is 0 Å². The van der Waals surface area contributed by atoms with Crippen molar-refractivity contribution in [3.05, 3.63) is 86.7 Å². The first-order valence-electron chi connectivity index (χ1n) is 12.7. The van der Waals surface area contributed by atoms with Crippen LogP contribution in [0.4, 0.5) is 5.69 Å². The van der Waals surface area contributed by atoms with Gasteiger partial charge in [-0.1, -0.05) is 30.0 Å². The molecule has 0 bridgehead atoms. The lowest BCUT2D eigenvalue weighted by Gasteiger charge is -2.15. The number of amides is 1. The number of thioether (sulfide) groups is 1. The van der Waals surface area contributed by atoms with Gasteiger partial charge in [-0.3, -0.25) is 9.36 Å². The summed E-state index contributed by atoms with van der Waals surface area (Å²) in [6.45, 7) is 4.18. The number of nitrogens with one attached hydrogen (secondary N) is 2. The number of anilines is 1. The summed E-state index contributed by atoms with van der Waals surface area (Å²) in [5.74, 6) is -0.975. The second-order valence-corrected chi connectivity index (χ2v) is 11.5. The average Bonchev–Trinajstić information content (AvgIpc) is 3.38. The molecule has 0 saturated heterocycles. The highest BCUT2D eigenvalue weighted by Gasteiger charge is 2.21. The minimum absolute atomic E-state index is 0.000535. The Hall–Kier alpha value is -4.11. The molecular formula is C29H28IN6O5S-. The summed E-state index contributed by atoms with van der Waals surface area (Å²) in [5.41, 5.74) is 5.37. The summed E-state index contributed by atoms with van der Waals surface area (Å²) in [6, 6.07) is 18.8. The Morgan fingerprint density at radius 2 is 1.88 bits per heavy atom. The van der Waals surface area contributed by atoms with Crippen LogP contribution in [0.3, 0.4) is 0 Å². The highest BCUT2D eigenvalue weighted by molar-refractivity contribution is 14.1. The zero-order valence-electron chi connectivity index (χ0n) is 23.3. The van der Waals surface area contributed by atoms with Crippen molar-refractivity contribution in [1.29, 1.82) is 0 Å². The number of nitrogens with zero attached hydrogens (tertiary/aromatic N) is 4. The number of rotatable bonds is 12. The molecule has 0 spiro atoms. The summed E-state index contributed by atoms with van der Waals surface area (Å²) in [4.78, 5) is 24.7. The number of hydrazone groups is 1. The van der Waals surface area contributed by atoms with Crippen LogP contribution >= 0.6 is 34.4 Å². The molecule has 42 heavy (non-hydrogen) atoms. The van der Waals surface area contributed by atoms with Gasteiger partial charge < -0.3 is 24.7 Å². The highest BCUT2D eigenvalue weighted by atomic mass is 127. The minimum Gasteiger partial charge on any atom is -0.545 e. The van der Waals surface area contributed by atoms with Crippen LogP contribution < -0.4 is 25.3 Å². The molecule has 0 radical (unpaired) electrons. The number of benzene rings is 3. The highest BCUT2D eigenvalue weighted by Crippen LogP contribution is 2.32. The van der Waals surface area contributed by atoms with Crippen LogP contribution in [0.1, 0.15) is 34.2 Å². The molecule has 1 heterocycles. The molecule has 1 atom stereocenters. The van der Waals surface area contributed by atoms with E-state index in [-0.39, 0.29) is 22.6 Å². The van der Waals surface area contributed by atoms with Gasteiger partial charge in [-0.15, -0.1) is 10.2 Å². The summed E-state index contributed by atoms with van der Waals surface area (Å²) in [6.07, 6.45) is 1.21. The van der Waals surface area contributed by atoms with Crippen LogP contribution in [0.25, 0.3) is 5.69 Å². The first-order valence-corrected chi connectivity index (χ1v) is 14.6. The molecule has 13 heteroatoms. The maximum Gasteiger partial charge on any atom is 0.253 e. The van der Waals surface area contributed by atoms with Gasteiger partial charge in [-0.2, -0.15) is 5.10 Å². The van der Waals surface area contributed by atoms with Gasteiger partial charge in [0.15, 0.2) is 22.5 Å². The van der Waals surface area contributed by atoms with E-state index in [0.29, 0.717) is 17.5 Å². The fourth-order valence-corrected chi connectivity index (χ4v) is 5.58. The molecule has 11 nitrogen and oxygen atoms in total. The minimum atomic E-state index is -1.47. The lowest BCUT2D eigenvalue weighted by atomic mass is 10.1. The third-order valence-electron chi connectivity index (χ3n) is 6.15. The smallest absolute Gasteiger partial charge is 0.253 e. The molecule has 0 aliphatic heterocycles. The molecule has 0 aliphatic carbocycles. The van der Waals surface area contributed by atoms with E-state index in [0.717, 1.165) is 20.5 Å². The van der Waals surface area contributed by atoms with E-state index in [9.17, 15) is 14.7 Å².